The van der Waals surface area contributed by atoms with E-state index in [0.717, 1.165) is 43.8 Å². The lowest BCUT2D eigenvalue weighted by molar-refractivity contribution is 0.0655. The minimum atomic E-state index is -0.0328. The Morgan fingerprint density at radius 2 is 1.96 bits per heavy atom. The van der Waals surface area contributed by atoms with Crippen LogP contribution >= 0.6 is 12.4 Å². The van der Waals surface area contributed by atoms with Crippen molar-refractivity contribution in [2.24, 2.45) is 5.92 Å². The van der Waals surface area contributed by atoms with E-state index in [2.05, 4.69) is 5.32 Å². The molecule has 0 bridgehead atoms. The lowest BCUT2D eigenvalue weighted by Crippen LogP contribution is -2.40. The van der Waals surface area contributed by atoms with Crippen molar-refractivity contribution in [3.63, 3.8) is 0 Å². The van der Waals surface area contributed by atoms with Gasteiger partial charge in [0.2, 0.25) is 0 Å². The number of benzene rings is 1. The first-order valence-corrected chi connectivity index (χ1v) is 8.46. The Bertz CT molecular complexity index is 652. The Balaban J connectivity index is 0.00000225. The standard InChI is InChI=1S/C19H24N2O3.ClH/c1-20-13-15-7-10-21(11-8-15)19(22)18-16(9-12-23-18)14-24-17-5-3-2-4-6-17;/h2-6,9,12,15,20H,7-8,10-11,13-14H2,1H3;1H. The van der Waals surface area contributed by atoms with Crippen LogP contribution in [0, 0.1) is 5.92 Å². The summed E-state index contributed by atoms with van der Waals surface area (Å²) >= 11 is 0. The van der Waals surface area contributed by atoms with Gasteiger partial charge in [-0.05, 0) is 50.6 Å². The molecule has 0 atom stereocenters. The molecule has 1 saturated heterocycles. The van der Waals surface area contributed by atoms with Crippen LogP contribution in [-0.4, -0.2) is 37.5 Å². The molecule has 136 valence electrons. The van der Waals surface area contributed by atoms with Crippen molar-refractivity contribution in [1.82, 2.24) is 10.2 Å². The Morgan fingerprint density at radius 3 is 2.64 bits per heavy atom. The van der Waals surface area contributed by atoms with Gasteiger partial charge in [-0.15, -0.1) is 12.4 Å². The van der Waals surface area contributed by atoms with Crippen LogP contribution in [-0.2, 0) is 6.61 Å². The van der Waals surface area contributed by atoms with Gasteiger partial charge in [-0.2, -0.15) is 0 Å². The van der Waals surface area contributed by atoms with Gasteiger partial charge >= 0.3 is 0 Å². The number of halogens is 1. The summed E-state index contributed by atoms with van der Waals surface area (Å²) in [4.78, 5) is 14.6. The molecule has 0 radical (unpaired) electrons. The van der Waals surface area contributed by atoms with Crippen LogP contribution in [0.15, 0.2) is 47.1 Å². The second-order valence-electron chi connectivity index (χ2n) is 6.17. The van der Waals surface area contributed by atoms with Crippen LogP contribution in [0.2, 0.25) is 0 Å². The molecule has 0 aliphatic carbocycles. The van der Waals surface area contributed by atoms with E-state index in [-0.39, 0.29) is 18.3 Å². The molecule has 1 aromatic heterocycles. The summed E-state index contributed by atoms with van der Waals surface area (Å²) in [5.74, 6) is 1.80. The Hall–Kier alpha value is -1.98. The average molecular weight is 365 g/mol. The second kappa shape index (κ2) is 9.49. The molecule has 0 spiro atoms. The Labute approximate surface area is 154 Å². The first kappa shape index (κ1) is 19.3. The molecule has 6 heteroatoms. The maximum atomic E-state index is 12.7. The summed E-state index contributed by atoms with van der Waals surface area (Å²) in [6.45, 7) is 2.91. The van der Waals surface area contributed by atoms with E-state index in [0.29, 0.717) is 18.3 Å². The predicted octanol–water partition coefficient (Wildman–Crippen LogP) is 3.35. The van der Waals surface area contributed by atoms with Gasteiger partial charge in [0.25, 0.3) is 5.91 Å². The molecule has 1 aliphatic heterocycles. The highest BCUT2D eigenvalue weighted by Gasteiger charge is 2.26. The topological polar surface area (TPSA) is 54.7 Å². The van der Waals surface area contributed by atoms with Gasteiger partial charge in [0, 0.05) is 18.7 Å². The summed E-state index contributed by atoms with van der Waals surface area (Å²) < 4.78 is 11.2. The van der Waals surface area contributed by atoms with Crippen LogP contribution in [0.3, 0.4) is 0 Å². The largest absolute Gasteiger partial charge is 0.489 e. The molecule has 1 aromatic carbocycles. The smallest absolute Gasteiger partial charge is 0.289 e. The number of amides is 1. The number of carbonyl (C=O) groups excluding carboxylic acids is 1. The number of furan rings is 1. The Kier molecular flexibility index (Phi) is 7.34. The zero-order valence-corrected chi connectivity index (χ0v) is 15.3. The average Bonchev–Trinajstić information content (AvgIpc) is 3.10. The van der Waals surface area contributed by atoms with Gasteiger partial charge < -0.3 is 19.4 Å². The van der Waals surface area contributed by atoms with Crippen LogP contribution in [0.25, 0.3) is 0 Å². The van der Waals surface area contributed by atoms with Crippen molar-refractivity contribution in [1.29, 1.82) is 0 Å². The maximum Gasteiger partial charge on any atom is 0.289 e. The number of hydrogen-bond donors (Lipinski definition) is 1. The van der Waals surface area contributed by atoms with E-state index in [1.165, 1.54) is 0 Å². The van der Waals surface area contributed by atoms with Crippen LogP contribution in [0.1, 0.15) is 29.0 Å². The number of piperidine rings is 1. The van der Waals surface area contributed by atoms with Crippen LogP contribution in [0.4, 0.5) is 0 Å². The lowest BCUT2D eigenvalue weighted by atomic mass is 9.96. The number of likely N-dealkylation sites (tertiary alicyclic amines) is 1. The quantitative estimate of drug-likeness (QED) is 0.854. The molecule has 1 aliphatic rings. The van der Waals surface area contributed by atoms with Gasteiger partial charge in [0.05, 0.1) is 6.26 Å². The fourth-order valence-corrected chi connectivity index (χ4v) is 3.09. The van der Waals surface area contributed by atoms with Gasteiger partial charge in [0.1, 0.15) is 12.4 Å². The molecule has 1 N–H and O–H groups in total. The molecular formula is C19H25ClN2O3. The summed E-state index contributed by atoms with van der Waals surface area (Å²) in [6.07, 6.45) is 3.62. The number of ether oxygens (including phenoxy) is 1. The summed E-state index contributed by atoms with van der Waals surface area (Å²) in [5.41, 5.74) is 0.793. The Morgan fingerprint density at radius 1 is 1.24 bits per heavy atom. The van der Waals surface area contributed by atoms with E-state index >= 15 is 0 Å². The van der Waals surface area contributed by atoms with Gasteiger partial charge in [0.15, 0.2) is 5.76 Å². The van der Waals surface area contributed by atoms with Gasteiger partial charge in [-0.3, -0.25) is 4.79 Å². The normalized spacial score (nSPS) is 14.8. The number of carbonyl (C=O) groups is 1. The third kappa shape index (κ3) is 5.00. The fourth-order valence-electron chi connectivity index (χ4n) is 3.09. The van der Waals surface area contributed by atoms with Crippen molar-refractivity contribution in [3.05, 3.63) is 54.0 Å². The van der Waals surface area contributed by atoms with Crippen molar-refractivity contribution in [2.75, 3.05) is 26.7 Å². The maximum absolute atomic E-state index is 12.7. The molecule has 2 aromatic rings. The van der Waals surface area contributed by atoms with E-state index in [4.69, 9.17) is 9.15 Å². The second-order valence-corrected chi connectivity index (χ2v) is 6.17. The highest BCUT2D eigenvalue weighted by Crippen LogP contribution is 2.21. The third-order valence-corrected chi connectivity index (χ3v) is 4.47. The number of nitrogens with zero attached hydrogens (tertiary/aromatic N) is 1. The lowest BCUT2D eigenvalue weighted by Gasteiger charge is -2.31. The predicted molar refractivity (Wildman–Crippen MR) is 99.3 cm³/mol. The zero-order valence-electron chi connectivity index (χ0n) is 14.4. The van der Waals surface area contributed by atoms with Crippen LogP contribution in [0.5, 0.6) is 5.75 Å². The summed E-state index contributed by atoms with van der Waals surface area (Å²) in [6, 6.07) is 11.4. The zero-order chi connectivity index (χ0) is 16.8. The van der Waals surface area contributed by atoms with Crippen molar-refractivity contribution in [3.8, 4) is 5.75 Å². The molecular weight excluding hydrogens is 340 g/mol. The van der Waals surface area contributed by atoms with E-state index in [1.807, 2.05) is 48.3 Å². The molecule has 3 rings (SSSR count). The SMILES string of the molecule is CNCC1CCN(C(=O)c2occc2COc2ccccc2)CC1.Cl. The number of para-hydroxylation sites is 1. The highest BCUT2D eigenvalue weighted by atomic mass is 35.5. The minimum Gasteiger partial charge on any atom is -0.489 e. The molecule has 5 nitrogen and oxygen atoms in total. The van der Waals surface area contributed by atoms with Gasteiger partial charge in [-0.25, -0.2) is 0 Å². The highest BCUT2D eigenvalue weighted by molar-refractivity contribution is 5.93. The molecule has 0 unspecified atom stereocenters. The third-order valence-electron chi connectivity index (χ3n) is 4.47. The van der Waals surface area contributed by atoms with Gasteiger partial charge in [-0.1, -0.05) is 18.2 Å². The van der Waals surface area contributed by atoms with Crippen molar-refractivity contribution >= 4 is 18.3 Å². The van der Waals surface area contributed by atoms with Crippen LogP contribution < -0.4 is 10.1 Å². The molecule has 2 heterocycles. The van der Waals surface area contributed by atoms with Crippen molar-refractivity contribution in [2.45, 2.75) is 19.4 Å². The van der Waals surface area contributed by atoms with E-state index in [1.54, 1.807) is 6.26 Å². The fraction of sp³-hybridized carbons (Fsp3) is 0.421. The number of hydrogen-bond acceptors (Lipinski definition) is 4. The van der Waals surface area contributed by atoms with Crippen molar-refractivity contribution < 1.29 is 13.9 Å². The first-order chi connectivity index (χ1) is 11.8. The number of nitrogens with one attached hydrogen (secondary N) is 1. The first-order valence-electron chi connectivity index (χ1n) is 8.46. The monoisotopic (exact) mass is 364 g/mol. The summed E-state index contributed by atoms with van der Waals surface area (Å²) in [5, 5.41) is 3.21. The number of rotatable bonds is 6. The molecule has 1 fully saturated rings. The molecule has 1 amide bonds. The summed E-state index contributed by atoms with van der Waals surface area (Å²) in [7, 11) is 1.97. The molecule has 0 saturated carbocycles. The minimum absolute atomic E-state index is 0. The molecule has 25 heavy (non-hydrogen) atoms. The van der Waals surface area contributed by atoms with E-state index < -0.39 is 0 Å². The van der Waals surface area contributed by atoms with E-state index in [9.17, 15) is 4.79 Å².